The van der Waals surface area contributed by atoms with Crippen molar-refractivity contribution < 1.29 is 12.8 Å². The van der Waals surface area contributed by atoms with Crippen molar-refractivity contribution in [3.63, 3.8) is 0 Å². The number of fused-ring (bicyclic) bond motifs is 1. The lowest BCUT2D eigenvalue weighted by molar-refractivity contribution is 0.391. The maximum Gasteiger partial charge on any atom is 0.280 e. The second kappa shape index (κ2) is 5.55. The predicted molar refractivity (Wildman–Crippen MR) is 79.6 cm³/mol. The zero-order valence-electron chi connectivity index (χ0n) is 12.1. The summed E-state index contributed by atoms with van der Waals surface area (Å²) in [6.07, 6.45) is 0. The van der Waals surface area contributed by atoms with Gasteiger partial charge >= 0.3 is 0 Å². The van der Waals surface area contributed by atoms with Gasteiger partial charge in [-0.25, -0.2) is 0 Å². The van der Waals surface area contributed by atoms with E-state index in [0.717, 1.165) is 11.0 Å². The number of para-hydroxylation sites is 1. The molecule has 2 rings (SSSR count). The lowest BCUT2D eigenvalue weighted by Gasteiger charge is -2.23. The van der Waals surface area contributed by atoms with Gasteiger partial charge in [0.2, 0.25) is 0 Å². The van der Waals surface area contributed by atoms with Crippen LogP contribution >= 0.6 is 0 Å². The van der Waals surface area contributed by atoms with Crippen molar-refractivity contribution in [1.29, 1.82) is 0 Å². The first kappa shape index (κ1) is 15.0. The number of nitrogens with zero attached hydrogens (tertiary/aromatic N) is 1. The third-order valence-corrected chi connectivity index (χ3v) is 5.13. The summed E-state index contributed by atoms with van der Waals surface area (Å²) in [5.74, 6) is 0.604. The maximum atomic E-state index is 12.1. The summed E-state index contributed by atoms with van der Waals surface area (Å²) in [7, 11) is -1.97. The van der Waals surface area contributed by atoms with Gasteiger partial charge in [0.05, 0.1) is 6.04 Å². The van der Waals surface area contributed by atoms with Gasteiger partial charge in [0.1, 0.15) is 11.3 Å². The molecule has 0 bridgehead atoms. The quantitative estimate of drug-likeness (QED) is 0.922. The van der Waals surface area contributed by atoms with Gasteiger partial charge < -0.3 is 4.42 Å². The molecule has 0 aliphatic rings. The van der Waals surface area contributed by atoms with E-state index >= 15 is 0 Å². The molecule has 0 aliphatic heterocycles. The van der Waals surface area contributed by atoms with E-state index in [1.165, 1.54) is 4.31 Å². The molecule has 0 saturated heterocycles. The average molecular weight is 296 g/mol. The Balaban J connectivity index is 2.21. The van der Waals surface area contributed by atoms with Crippen LogP contribution in [0.15, 0.2) is 34.7 Å². The molecule has 1 heterocycles. The van der Waals surface area contributed by atoms with Crippen LogP contribution in [-0.2, 0) is 10.2 Å². The van der Waals surface area contributed by atoms with E-state index in [2.05, 4.69) is 4.72 Å². The van der Waals surface area contributed by atoms with Crippen LogP contribution < -0.4 is 4.72 Å². The van der Waals surface area contributed by atoms with Gasteiger partial charge in [-0.3, -0.25) is 0 Å². The minimum atomic E-state index is -3.52. The standard InChI is InChI=1S/C14H20N2O3S/c1-10(2)16(4)20(17,18)15-11(3)14-9-12-7-5-6-8-13(12)19-14/h5-11,15H,1-4H3/t11-/m0/s1. The molecule has 0 spiro atoms. The Kier molecular flexibility index (Phi) is 4.17. The van der Waals surface area contributed by atoms with Crippen LogP contribution in [0, 0.1) is 0 Å². The zero-order chi connectivity index (χ0) is 14.9. The van der Waals surface area contributed by atoms with Crippen molar-refractivity contribution in [3.8, 4) is 0 Å². The summed E-state index contributed by atoms with van der Waals surface area (Å²) in [6, 6.07) is 8.94. The van der Waals surface area contributed by atoms with Crippen LogP contribution in [0.1, 0.15) is 32.6 Å². The van der Waals surface area contributed by atoms with Gasteiger partial charge in [0, 0.05) is 18.5 Å². The number of rotatable bonds is 5. The Labute approximate surface area is 119 Å². The van der Waals surface area contributed by atoms with Crippen molar-refractivity contribution in [2.24, 2.45) is 0 Å². The monoisotopic (exact) mass is 296 g/mol. The summed E-state index contributed by atoms with van der Waals surface area (Å²) >= 11 is 0. The highest BCUT2D eigenvalue weighted by atomic mass is 32.2. The third-order valence-electron chi connectivity index (χ3n) is 3.30. The van der Waals surface area contributed by atoms with Crippen LogP contribution in [0.4, 0.5) is 0 Å². The Hall–Kier alpha value is -1.37. The van der Waals surface area contributed by atoms with E-state index in [9.17, 15) is 8.42 Å². The Morgan fingerprint density at radius 1 is 1.20 bits per heavy atom. The molecule has 110 valence electrons. The molecule has 1 N–H and O–H groups in total. The van der Waals surface area contributed by atoms with E-state index in [1.807, 2.05) is 44.2 Å². The molecule has 1 aromatic carbocycles. The van der Waals surface area contributed by atoms with Gasteiger partial charge in [-0.05, 0) is 32.9 Å². The summed E-state index contributed by atoms with van der Waals surface area (Å²) < 4.78 is 33.9. The molecule has 6 heteroatoms. The molecule has 1 atom stereocenters. The summed E-state index contributed by atoms with van der Waals surface area (Å²) in [5, 5.41) is 0.964. The van der Waals surface area contributed by atoms with E-state index in [0.29, 0.717) is 5.76 Å². The second-order valence-electron chi connectivity index (χ2n) is 5.14. The SMILES string of the molecule is CC(C)N(C)S(=O)(=O)N[C@@H](C)c1cc2ccccc2o1. The molecule has 0 unspecified atom stereocenters. The fourth-order valence-corrected chi connectivity index (χ4v) is 3.14. The average Bonchev–Trinajstić information content (AvgIpc) is 2.81. The number of hydrogen-bond donors (Lipinski definition) is 1. The maximum absolute atomic E-state index is 12.1. The van der Waals surface area contributed by atoms with E-state index in [1.54, 1.807) is 14.0 Å². The highest BCUT2D eigenvalue weighted by Gasteiger charge is 2.24. The van der Waals surface area contributed by atoms with Crippen molar-refractivity contribution in [3.05, 3.63) is 36.1 Å². The Morgan fingerprint density at radius 2 is 1.85 bits per heavy atom. The fourth-order valence-electron chi connectivity index (χ4n) is 1.86. The van der Waals surface area contributed by atoms with Gasteiger partial charge in [0.25, 0.3) is 10.2 Å². The number of nitrogens with one attached hydrogen (secondary N) is 1. The van der Waals surface area contributed by atoms with Crippen molar-refractivity contribution in [1.82, 2.24) is 9.03 Å². The molecule has 0 amide bonds. The van der Waals surface area contributed by atoms with Crippen LogP contribution in [0.5, 0.6) is 0 Å². The van der Waals surface area contributed by atoms with Crippen molar-refractivity contribution in [2.45, 2.75) is 32.9 Å². The summed E-state index contributed by atoms with van der Waals surface area (Å²) in [4.78, 5) is 0. The van der Waals surface area contributed by atoms with E-state index in [4.69, 9.17) is 4.42 Å². The minimum absolute atomic E-state index is 0.102. The molecule has 0 saturated carbocycles. The molecule has 1 aromatic heterocycles. The second-order valence-corrected chi connectivity index (χ2v) is 6.90. The summed E-state index contributed by atoms with van der Waals surface area (Å²) in [5.41, 5.74) is 0.755. The molecular formula is C14H20N2O3S. The lowest BCUT2D eigenvalue weighted by Crippen LogP contribution is -2.42. The van der Waals surface area contributed by atoms with E-state index in [-0.39, 0.29) is 6.04 Å². The van der Waals surface area contributed by atoms with Crippen molar-refractivity contribution >= 4 is 21.2 Å². The van der Waals surface area contributed by atoms with E-state index < -0.39 is 16.3 Å². The number of hydrogen-bond acceptors (Lipinski definition) is 3. The molecule has 0 aliphatic carbocycles. The first-order chi connectivity index (χ1) is 9.31. The smallest absolute Gasteiger partial charge is 0.280 e. The van der Waals surface area contributed by atoms with Gasteiger partial charge in [-0.1, -0.05) is 18.2 Å². The number of benzene rings is 1. The number of furan rings is 1. The zero-order valence-corrected chi connectivity index (χ0v) is 12.9. The Morgan fingerprint density at radius 3 is 2.45 bits per heavy atom. The highest BCUT2D eigenvalue weighted by molar-refractivity contribution is 7.87. The summed E-state index contributed by atoms with van der Waals surface area (Å²) in [6.45, 7) is 5.42. The minimum Gasteiger partial charge on any atom is -0.459 e. The Bertz CT molecular complexity index is 658. The van der Waals surface area contributed by atoms with Crippen LogP contribution in [-0.4, -0.2) is 25.8 Å². The first-order valence-corrected chi connectivity index (χ1v) is 7.99. The molecule has 0 fully saturated rings. The van der Waals surface area contributed by atoms with Crippen LogP contribution in [0.2, 0.25) is 0 Å². The normalized spacial score (nSPS) is 14.3. The van der Waals surface area contributed by atoms with Gasteiger partial charge in [-0.15, -0.1) is 0 Å². The highest BCUT2D eigenvalue weighted by Crippen LogP contribution is 2.24. The van der Waals surface area contributed by atoms with Gasteiger partial charge in [-0.2, -0.15) is 17.4 Å². The van der Waals surface area contributed by atoms with Crippen LogP contribution in [0.3, 0.4) is 0 Å². The largest absolute Gasteiger partial charge is 0.459 e. The molecule has 0 radical (unpaired) electrons. The molecular weight excluding hydrogens is 276 g/mol. The third kappa shape index (κ3) is 3.03. The fraction of sp³-hybridized carbons (Fsp3) is 0.429. The molecule has 5 nitrogen and oxygen atoms in total. The topological polar surface area (TPSA) is 62.6 Å². The first-order valence-electron chi connectivity index (χ1n) is 6.55. The molecule has 2 aromatic rings. The molecule has 20 heavy (non-hydrogen) atoms. The van der Waals surface area contributed by atoms with Crippen molar-refractivity contribution in [2.75, 3.05) is 7.05 Å². The predicted octanol–water partition coefficient (Wildman–Crippen LogP) is 2.67. The lowest BCUT2D eigenvalue weighted by atomic mass is 10.2. The van der Waals surface area contributed by atoms with Gasteiger partial charge in [0.15, 0.2) is 0 Å². The van der Waals surface area contributed by atoms with Crippen LogP contribution in [0.25, 0.3) is 11.0 Å².